The van der Waals surface area contributed by atoms with Crippen LogP contribution in [-0.2, 0) is 0 Å². The van der Waals surface area contributed by atoms with Crippen LogP contribution in [0.1, 0.15) is 27.3 Å². The number of hydrogen-bond donors (Lipinski definition) is 1. The zero-order valence-corrected chi connectivity index (χ0v) is 14.4. The molecule has 1 aromatic heterocycles. The van der Waals surface area contributed by atoms with Gasteiger partial charge in [0.1, 0.15) is 0 Å². The number of nitrogens with one attached hydrogen (secondary N) is 1. The Balaban J connectivity index is 1.70. The summed E-state index contributed by atoms with van der Waals surface area (Å²) in [7, 11) is 0. The molecule has 2 aromatic rings. The second-order valence-corrected chi connectivity index (χ2v) is 6.47. The van der Waals surface area contributed by atoms with Crippen molar-refractivity contribution in [3.05, 3.63) is 45.7 Å². The van der Waals surface area contributed by atoms with Gasteiger partial charge in [-0.2, -0.15) is 5.10 Å². The lowest BCUT2D eigenvalue weighted by atomic mass is 10.1. The lowest BCUT2D eigenvalue weighted by Gasteiger charge is -2.36. The Labute approximate surface area is 141 Å². The van der Waals surface area contributed by atoms with Gasteiger partial charge in [-0.05, 0) is 38.5 Å². The van der Waals surface area contributed by atoms with Crippen LogP contribution >= 0.6 is 11.6 Å². The number of halogens is 1. The first-order chi connectivity index (χ1) is 11.0. The number of carbonyl (C=O) groups excluding carboxylic acids is 1. The molecule has 0 aliphatic carbocycles. The van der Waals surface area contributed by atoms with E-state index in [1.807, 2.05) is 36.9 Å². The van der Waals surface area contributed by atoms with Gasteiger partial charge in [0, 0.05) is 48.1 Å². The van der Waals surface area contributed by atoms with E-state index in [9.17, 15) is 4.79 Å². The fourth-order valence-corrected chi connectivity index (χ4v) is 3.08. The summed E-state index contributed by atoms with van der Waals surface area (Å²) in [5.41, 5.74) is 4.77. The van der Waals surface area contributed by atoms with Crippen LogP contribution < -0.4 is 4.90 Å². The molecule has 0 saturated carbocycles. The standard InChI is InChI=1S/C17H21ClN4O/c1-11-4-5-14(18)10-15(11)21-6-8-22(9-7-21)17(23)16-12(2)13(3)19-20-16/h4-5,10H,6-9H2,1-3H3,(H,19,20). The summed E-state index contributed by atoms with van der Waals surface area (Å²) < 4.78 is 0. The molecule has 23 heavy (non-hydrogen) atoms. The van der Waals surface area contributed by atoms with Crippen LogP contribution in [0, 0.1) is 20.8 Å². The highest BCUT2D eigenvalue weighted by molar-refractivity contribution is 6.30. The van der Waals surface area contributed by atoms with Gasteiger partial charge in [0.25, 0.3) is 5.91 Å². The molecule has 1 fully saturated rings. The molecule has 6 heteroatoms. The third-order valence-electron chi connectivity index (χ3n) is 4.53. The molecule has 2 heterocycles. The second kappa shape index (κ2) is 6.24. The predicted molar refractivity (Wildman–Crippen MR) is 92.4 cm³/mol. The Kier molecular flexibility index (Phi) is 4.31. The molecule has 1 aromatic carbocycles. The van der Waals surface area contributed by atoms with Gasteiger partial charge in [0.05, 0.1) is 0 Å². The highest BCUT2D eigenvalue weighted by atomic mass is 35.5. The molecule has 1 N–H and O–H groups in total. The molecule has 0 spiro atoms. The molecule has 1 amide bonds. The van der Waals surface area contributed by atoms with Gasteiger partial charge < -0.3 is 9.80 Å². The number of hydrogen-bond acceptors (Lipinski definition) is 3. The van der Waals surface area contributed by atoms with E-state index in [0.717, 1.165) is 35.1 Å². The van der Waals surface area contributed by atoms with Crippen LogP contribution in [0.3, 0.4) is 0 Å². The number of H-pyrrole nitrogens is 1. The van der Waals surface area contributed by atoms with E-state index >= 15 is 0 Å². The number of nitrogens with zero attached hydrogens (tertiary/aromatic N) is 3. The quantitative estimate of drug-likeness (QED) is 0.920. The molecule has 0 bridgehead atoms. The molecule has 1 saturated heterocycles. The average Bonchev–Trinajstić information content (AvgIpc) is 2.89. The van der Waals surface area contributed by atoms with Gasteiger partial charge in [-0.15, -0.1) is 0 Å². The number of rotatable bonds is 2. The molecule has 1 aliphatic rings. The number of aromatic amines is 1. The summed E-state index contributed by atoms with van der Waals surface area (Å²) in [6.45, 7) is 8.92. The Morgan fingerprint density at radius 1 is 1.17 bits per heavy atom. The number of aromatic nitrogens is 2. The first-order valence-corrected chi connectivity index (χ1v) is 8.17. The van der Waals surface area contributed by atoms with Crippen LogP contribution in [0.5, 0.6) is 0 Å². The first kappa shape index (κ1) is 15.9. The summed E-state index contributed by atoms with van der Waals surface area (Å²) in [6, 6.07) is 5.93. The van der Waals surface area contributed by atoms with Gasteiger partial charge in [-0.3, -0.25) is 9.89 Å². The summed E-state index contributed by atoms with van der Waals surface area (Å²) in [5.74, 6) is 0.00863. The van der Waals surface area contributed by atoms with E-state index in [-0.39, 0.29) is 5.91 Å². The number of carbonyl (C=O) groups is 1. The smallest absolute Gasteiger partial charge is 0.274 e. The summed E-state index contributed by atoms with van der Waals surface area (Å²) in [6.07, 6.45) is 0. The second-order valence-electron chi connectivity index (χ2n) is 6.03. The van der Waals surface area contributed by atoms with E-state index in [0.29, 0.717) is 18.8 Å². The topological polar surface area (TPSA) is 52.2 Å². The van der Waals surface area contributed by atoms with Crippen LogP contribution in [-0.4, -0.2) is 47.2 Å². The fourth-order valence-electron chi connectivity index (χ4n) is 2.92. The summed E-state index contributed by atoms with van der Waals surface area (Å²) in [4.78, 5) is 16.8. The third-order valence-corrected chi connectivity index (χ3v) is 4.77. The molecule has 0 radical (unpaired) electrons. The zero-order valence-electron chi connectivity index (χ0n) is 13.7. The van der Waals surface area contributed by atoms with E-state index in [4.69, 9.17) is 11.6 Å². The van der Waals surface area contributed by atoms with E-state index in [1.54, 1.807) is 0 Å². The maximum Gasteiger partial charge on any atom is 0.274 e. The predicted octanol–water partition coefficient (Wildman–Crippen LogP) is 2.95. The molecular formula is C17H21ClN4O. The van der Waals surface area contributed by atoms with Crippen LogP contribution in [0.15, 0.2) is 18.2 Å². The van der Waals surface area contributed by atoms with Crippen molar-refractivity contribution in [2.75, 3.05) is 31.1 Å². The van der Waals surface area contributed by atoms with Gasteiger partial charge in [0.15, 0.2) is 5.69 Å². The van der Waals surface area contributed by atoms with Crippen molar-refractivity contribution in [1.29, 1.82) is 0 Å². The molecule has 0 atom stereocenters. The Hall–Kier alpha value is -2.01. The van der Waals surface area contributed by atoms with Crippen molar-refractivity contribution in [2.45, 2.75) is 20.8 Å². The number of aryl methyl sites for hydroxylation is 2. The zero-order chi connectivity index (χ0) is 16.6. The SMILES string of the molecule is Cc1ccc(Cl)cc1N1CCN(C(=O)c2n[nH]c(C)c2C)CC1. The van der Waals surface area contributed by atoms with E-state index in [2.05, 4.69) is 22.0 Å². The maximum absolute atomic E-state index is 12.6. The highest BCUT2D eigenvalue weighted by Gasteiger charge is 2.26. The number of benzene rings is 1. The van der Waals surface area contributed by atoms with Gasteiger partial charge in [-0.25, -0.2) is 0 Å². The highest BCUT2D eigenvalue weighted by Crippen LogP contribution is 2.25. The summed E-state index contributed by atoms with van der Waals surface area (Å²) in [5, 5.41) is 7.77. The molecule has 0 unspecified atom stereocenters. The Morgan fingerprint density at radius 2 is 1.87 bits per heavy atom. The minimum absolute atomic E-state index is 0.00863. The van der Waals surface area contributed by atoms with E-state index in [1.165, 1.54) is 5.56 Å². The maximum atomic E-state index is 12.6. The number of anilines is 1. The van der Waals surface area contributed by atoms with Crippen molar-refractivity contribution in [2.24, 2.45) is 0 Å². The fraction of sp³-hybridized carbons (Fsp3) is 0.412. The molecular weight excluding hydrogens is 312 g/mol. The molecule has 3 rings (SSSR count). The molecule has 1 aliphatic heterocycles. The molecule has 122 valence electrons. The minimum atomic E-state index is 0.00863. The lowest BCUT2D eigenvalue weighted by molar-refractivity contribution is 0.0740. The monoisotopic (exact) mass is 332 g/mol. The third kappa shape index (κ3) is 3.06. The van der Waals surface area contributed by atoms with Crippen molar-refractivity contribution >= 4 is 23.2 Å². The Morgan fingerprint density at radius 3 is 2.48 bits per heavy atom. The minimum Gasteiger partial charge on any atom is -0.368 e. The van der Waals surface area contributed by atoms with Crippen LogP contribution in [0.2, 0.25) is 5.02 Å². The van der Waals surface area contributed by atoms with Crippen LogP contribution in [0.4, 0.5) is 5.69 Å². The van der Waals surface area contributed by atoms with Crippen molar-refractivity contribution in [3.63, 3.8) is 0 Å². The van der Waals surface area contributed by atoms with E-state index < -0.39 is 0 Å². The largest absolute Gasteiger partial charge is 0.368 e. The number of amides is 1. The van der Waals surface area contributed by atoms with Gasteiger partial charge in [0.2, 0.25) is 0 Å². The number of piperazine rings is 1. The summed E-state index contributed by atoms with van der Waals surface area (Å²) >= 11 is 6.11. The normalized spacial score (nSPS) is 15.1. The van der Waals surface area contributed by atoms with Gasteiger partial charge >= 0.3 is 0 Å². The van der Waals surface area contributed by atoms with Gasteiger partial charge in [-0.1, -0.05) is 17.7 Å². The Bertz CT molecular complexity index is 732. The lowest BCUT2D eigenvalue weighted by Crippen LogP contribution is -2.49. The van der Waals surface area contributed by atoms with Crippen molar-refractivity contribution in [3.8, 4) is 0 Å². The van der Waals surface area contributed by atoms with Crippen molar-refractivity contribution in [1.82, 2.24) is 15.1 Å². The molecule has 5 nitrogen and oxygen atoms in total. The first-order valence-electron chi connectivity index (χ1n) is 7.79. The van der Waals surface area contributed by atoms with Crippen LogP contribution in [0.25, 0.3) is 0 Å². The van der Waals surface area contributed by atoms with Crippen molar-refractivity contribution < 1.29 is 4.79 Å². The average molecular weight is 333 g/mol.